The third-order valence-electron chi connectivity index (χ3n) is 4.21. The van der Waals surface area contributed by atoms with Gasteiger partial charge in [-0.25, -0.2) is 17.4 Å². The van der Waals surface area contributed by atoms with Crippen LogP contribution in [0.1, 0.15) is 0 Å². The number of hydrogen-bond acceptors (Lipinski definition) is 4. The molecule has 5 nitrogen and oxygen atoms in total. The van der Waals surface area contributed by atoms with Crippen LogP contribution in [0.4, 0.5) is 0 Å². The zero-order valence-electron chi connectivity index (χ0n) is 14.0. The van der Waals surface area contributed by atoms with Crippen molar-refractivity contribution in [3.8, 4) is 16.9 Å². The molecule has 130 valence electrons. The maximum absolute atomic E-state index is 12.9. The van der Waals surface area contributed by atoms with Crippen molar-refractivity contribution in [2.24, 2.45) is 0 Å². The topological polar surface area (TPSA) is 61.2 Å². The molecule has 2 heterocycles. The fraction of sp³-hybridized carbons (Fsp3) is 0.0500. The van der Waals surface area contributed by atoms with E-state index in [4.69, 9.17) is 4.74 Å². The summed E-state index contributed by atoms with van der Waals surface area (Å²) in [5, 5.41) is 0.743. The molecular formula is C20H16N2O3S. The molecule has 0 bridgehead atoms. The lowest BCUT2D eigenvalue weighted by molar-refractivity contribution is 0.416. The summed E-state index contributed by atoms with van der Waals surface area (Å²) >= 11 is 0. The summed E-state index contributed by atoms with van der Waals surface area (Å²) in [6, 6.07) is 19.6. The van der Waals surface area contributed by atoms with Gasteiger partial charge in [0.05, 0.1) is 12.0 Å². The first kappa shape index (κ1) is 16.4. The Morgan fingerprint density at radius 1 is 0.962 bits per heavy atom. The maximum Gasteiger partial charge on any atom is 0.269 e. The molecule has 0 radical (unpaired) electrons. The number of nitrogens with zero attached hydrogens (tertiary/aromatic N) is 2. The molecule has 0 saturated heterocycles. The summed E-state index contributed by atoms with van der Waals surface area (Å²) in [6.07, 6.45) is 3.20. The highest BCUT2D eigenvalue weighted by Gasteiger charge is 2.19. The number of rotatable bonds is 4. The summed E-state index contributed by atoms with van der Waals surface area (Å²) in [5.41, 5.74) is 2.17. The summed E-state index contributed by atoms with van der Waals surface area (Å²) in [6.45, 7) is 0. The van der Waals surface area contributed by atoms with Crippen molar-refractivity contribution >= 4 is 21.1 Å². The second kappa shape index (κ2) is 6.31. The number of aromatic nitrogens is 2. The van der Waals surface area contributed by atoms with Crippen molar-refractivity contribution in [2.75, 3.05) is 7.11 Å². The van der Waals surface area contributed by atoms with Crippen LogP contribution >= 0.6 is 0 Å². The summed E-state index contributed by atoms with van der Waals surface area (Å²) < 4.78 is 32.3. The van der Waals surface area contributed by atoms with Crippen LogP contribution < -0.4 is 4.74 Å². The molecule has 2 aromatic heterocycles. The fourth-order valence-electron chi connectivity index (χ4n) is 2.93. The SMILES string of the molecule is COc1ccccc1-c1cnc2c(ccn2S(=O)(=O)c2ccccc2)c1. The average molecular weight is 364 g/mol. The van der Waals surface area contributed by atoms with Crippen molar-refractivity contribution in [3.63, 3.8) is 0 Å². The van der Waals surface area contributed by atoms with Crippen LogP contribution in [0.2, 0.25) is 0 Å². The van der Waals surface area contributed by atoms with Crippen molar-refractivity contribution < 1.29 is 13.2 Å². The van der Waals surface area contributed by atoms with E-state index in [2.05, 4.69) is 4.98 Å². The van der Waals surface area contributed by atoms with Gasteiger partial charge < -0.3 is 4.74 Å². The number of pyridine rings is 1. The Balaban J connectivity index is 1.85. The molecule has 2 aromatic carbocycles. The third-order valence-corrected chi connectivity index (χ3v) is 5.89. The standard InChI is InChI=1S/C20H16N2O3S/c1-25-19-10-6-5-9-18(19)16-13-15-11-12-22(20(15)21-14-16)26(23,24)17-7-3-2-4-8-17/h2-14H,1H3. The molecule has 0 aliphatic carbocycles. The van der Waals surface area contributed by atoms with Crippen molar-refractivity contribution in [1.82, 2.24) is 8.96 Å². The quantitative estimate of drug-likeness (QED) is 0.550. The number of benzene rings is 2. The van der Waals surface area contributed by atoms with Gasteiger partial charge in [-0.3, -0.25) is 0 Å². The van der Waals surface area contributed by atoms with Crippen LogP contribution in [0.3, 0.4) is 0 Å². The molecule has 26 heavy (non-hydrogen) atoms. The Bertz CT molecular complexity index is 1180. The molecule has 0 unspecified atom stereocenters. The van der Waals surface area contributed by atoms with E-state index in [1.54, 1.807) is 49.7 Å². The van der Waals surface area contributed by atoms with E-state index >= 15 is 0 Å². The predicted octanol–water partition coefficient (Wildman–Crippen LogP) is 3.95. The molecule has 4 rings (SSSR count). The van der Waals surface area contributed by atoms with Gasteiger partial charge in [-0.05, 0) is 30.3 Å². The van der Waals surface area contributed by atoms with E-state index in [-0.39, 0.29) is 4.90 Å². The smallest absolute Gasteiger partial charge is 0.269 e. The first-order chi connectivity index (χ1) is 12.6. The van der Waals surface area contributed by atoms with Crippen LogP contribution in [-0.4, -0.2) is 24.5 Å². The molecule has 0 spiro atoms. The minimum absolute atomic E-state index is 0.230. The van der Waals surface area contributed by atoms with Crippen molar-refractivity contribution in [2.45, 2.75) is 4.90 Å². The van der Waals surface area contributed by atoms with Gasteiger partial charge in [-0.2, -0.15) is 0 Å². The molecule has 0 fully saturated rings. The van der Waals surface area contributed by atoms with Gasteiger partial charge in [-0.1, -0.05) is 36.4 Å². The Morgan fingerprint density at radius 3 is 2.46 bits per heavy atom. The largest absolute Gasteiger partial charge is 0.496 e. The second-order valence-corrected chi connectivity index (χ2v) is 7.58. The molecule has 0 aliphatic heterocycles. The number of hydrogen-bond donors (Lipinski definition) is 0. The maximum atomic E-state index is 12.9. The van der Waals surface area contributed by atoms with E-state index in [0.717, 1.165) is 22.3 Å². The van der Waals surface area contributed by atoms with Crippen LogP contribution in [-0.2, 0) is 10.0 Å². The molecule has 0 N–H and O–H groups in total. The second-order valence-electron chi connectivity index (χ2n) is 5.77. The average Bonchev–Trinajstić information content (AvgIpc) is 3.12. The Hall–Kier alpha value is -3.12. The zero-order chi connectivity index (χ0) is 18.1. The lowest BCUT2D eigenvalue weighted by Gasteiger charge is -2.09. The normalized spacial score (nSPS) is 11.6. The first-order valence-corrected chi connectivity index (χ1v) is 9.46. The van der Waals surface area contributed by atoms with Gasteiger partial charge in [0.25, 0.3) is 10.0 Å². The van der Waals surface area contributed by atoms with Gasteiger partial charge in [0.1, 0.15) is 5.75 Å². The van der Waals surface area contributed by atoms with Crippen LogP contribution in [0.25, 0.3) is 22.2 Å². The van der Waals surface area contributed by atoms with Crippen LogP contribution in [0.5, 0.6) is 5.75 Å². The lowest BCUT2D eigenvalue weighted by Crippen LogP contribution is -2.12. The van der Waals surface area contributed by atoms with E-state index < -0.39 is 10.0 Å². The zero-order valence-corrected chi connectivity index (χ0v) is 14.8. The lowest BCUT2D eigenvalue weighted by atomic mass is 10.1. The molecule has 0 saturated carbocycles. The van der Waals surface area contributed by atoms with Crippen molar-refractivity contribution in [3.05, 3.63) is 79.1 Å². The van der Waals surface area contributed by atoms with E-state index in [1.807, 2.05) is 30.3 Å². The molecule has 0 amide bonds. The predicted molar refractivity (Wildman–Crippen MR) is 101 cm³/mol. The number of methoxy groups -OCH3 is 1. The monoisotopic (exact) mass is 364 g/mol. The van der Waals surface area contributed by atoms with Gasteiger partial charge in [0, 0.05) is 28.9 Å². The first-order valence-electron chi connectivity index (χ1n) is 8.02. The minimum atomic E-state index is -3.68. The van der Waals surface area contributed by atoms with E-state index in [9.17, 15) is 8.42 Å². The highest BCUT2D eigenvalue weighted by atomic mass is 32.2. The summed E-state index contributed by atoms with van der Waals surface area (Å²) in [4.78, 5) is 4.64. The van der Waals surface area contributed by atoms with Gasteiger partial charge in [0.15, 0.2) is 5.65 Å². The van der Waals surface area contributed by atoms with Crippen LogP contribution in [0, 0.1) is 0 Å². The van der Waals surface area contributed by atoms with Crippen molar-refractivity contribution in [1.29, 1.82) is 0 Å². The summed E-state index contributed by atoms with van der Waals surface area (Å²) in [5.74, 6) is 0.741. The number of fused-ring (bicyclic) bond motifs is 1. The van der Waals surface area contributed by atoms with Gasteiger partial charge in [0.2, 0.25) is 0 Å². The Kier molecular flexibility index (Phi) is 3.97. The number of para-hydroxylation sites is 1. The van der Waals surface area contributed by atoms with Crippen LogP contribution in [0.15, 0.2) is 84.0 Å². The Labute approximate surface area is 151 Å². The Morgan fingerprint density at radius 2 is 1.69 bits per heavy atom. The number of ether oxygens (including phenoxy) is 1. The van der Waals surface area contributed by atoms with E-state index in [1.165, 1.54) is 10.2 Å². The highest BCUT2D eigenvalue weighted by Crippen LogP contribution is 2.31. The molecule has 0 aliphatic rings. The molecular weight excluding hydrogens is 348 g/mol. The van der Waals surface area contributed by atoms with Gasteiger partial charge in [-0.15, -0.1) is 0 Å². The molecule has 4 aromatic rings. The minimum Gasteiger partial charge on any atom is -0.496 e. The van der Waals surface area contributed by atoms with Gasteiger partial charge >= 0.3 is 0 Å². The third kappa shape index (κ3) is 2.64. The van der Waals surface area contributed by atoms with E-state index in [0.29, 0.717) is 5.65 Å². The molecule has 6 heteroatoms. The summed E-state index contributed by atoms with van der Waals surface area (Å²) in [7, 11) is -2.06. The highest BCUT2D eigenvalue weighted by molar-refractivity contribution is 7.90. The molecule has 0 atom stereocenters. The fourth-order valence-corrected chi connectivity index (χ4v) is 4.26.